The molecule has 1 atom stereocenters. The van der Waals surface area contributed by atoms with Crippen molar-refractivity contribution in [2.45, 2.75) is 19.4 Å². The van der Waals surface area contributed by atoms with Crippen LogP contribution in [0.2, 0.25) is 0 Å². The second-order valence-electron chi connectivity index (χ2n) is 4.02. The van der Waals surface area contributed by atoms with Gasteiger partial charge in [-0.25, -0.2) is 0 Å². The van der Waals surface area contributed by atoms with Crippen LogP contribution >= 0.6 is 0 Å². The number of ether oxygens (including phenoxy) is 4. The third-order valence-corrected chi connectivity index (χ3v) is 2.61. The molecule has 0 aliphatic rings. The van der Waals surface area contributed by atoms with Gasteiger partial charge in [0.15, 0.2) is 11.5 Å². The van der Waals surface area contributed by atoms with E-state index in [-0.39, 0.29) is 6.04 Å². The maximum Gasteiger partial charge on any atom is 0.207 e. The fourth-order valence-corrected chi connectivity index (χ4v) is 1.90. The zero-order valence-corrected chi connectivity index (χ0v) is 11.6. The zero-order valence-electron chi connectivity index (χ0n) is 11.6. The number of methoxy groups -OCH3 is 4. The Balaban J connectivity index is 3.42. The normalized spacial score (nSPS) is 11.9. The molecule has 0 aromatic heterocycles. The first-order chi connectivity index (χ1) is 8.58. The van der Waals surface area contributed by atoms with Gasteiger partial charge in [-0.05, 0) is 19.4 Å². The number of benzene rings is 1. The highest BCUT2D eigenvalue weighted by Gasteiger charge is 2.21. The standard InChI is InChI=1S/C13H21NO4/c1-8(14)6-9-7-10(15-2)12(17-4)13(18-5)11(9)16-3/h7-8H,6,14H2,1-5H3/t8-/m0/s1. The Labute approximate surface area is 108 Å². The monoisotopic (exact) mass is 255 g/mol. The van der Waals surface area contributed by atoms with Crippen molar-refractivity contribution >= 4 is 0 Å². The smallest absolute Gasteiger partial charge is 0.207 e. The van der Waals surface area contributed by atoms with E-state index >= 15 is 0 Å². The van der Waals surface area contributed by atoms with Crippen molar-refractivity contribution < 1.29 is 18.9 Å². The molecule has 1 rings (SSSR count). The van der Waals surface area contributed by atoms with E-state index in [0.29, 0.717) is 29.4 Å². The van der Waals surface area contributed by atoms with Crippen LogP contribution in [0, 0.1) is 0 Å². The molecule has 0 aliphatic carbocycles. The highest BCUT2D eigenvalue weighted by atomic mass is 16.5. The van der Waals surface area contributed by atoms with Crippen molar-refractivity contribution in [2.24, 2.45) is 5.73 Å². The molecule has 5 heteroatoms. The van der Waals surface area contributed by atoms with Gasteiger partial charge in [-0.3, -0.25) is 0 Å². The van der Waals surface area contributed by atoms with Crippen molar-refractivity contribution in [3.63, 3.8) is 0 Å². The molecule has 0 radical (unpaired) electrons. The molecule has 0 heterocycles. The molecule has 0 fully saturated rings. The second kappa shape index (κ2) is 6.35. The van der Waals surface area contributed by atoms with Crippen LogP contribution in [0.1, 0.15) is 12.5 Å². The summed E-state index contributed by atoms with van der Waals surface area (Å²) in [6, 6.07) is 1.88. The quantitative estimate of drug-likeness (QED) is 0.836. The Morgan fingerprint density at radius 2 is 1.50 bits per heavy atom. The minimum absolute atomic E-state index is 0.0155. The van der Waals surface area contributed by atoms with Crippen LogP contribution in [-0.2, 0) is 6.42 Å². The fourth-order valence-electron chi connectivity index (χ4n) is 1.90. The van der Waals surface area contributed by atoms with Crippen molar-refractivity contribution in [1.29, 1.82) is 0 Å². The zero-order chi connectivity index (χ0) is 13.7. The lowest BCUT2D eigenvalue weighted by Crippen LogP contribution is -2.18. The molecule has 0 saturated carbocycles. The van der Waals surface area contributed by atoms with E-state index in [2.05, 4.69) is 0 Å². The van der Waals surface area contributed by atoms with Crippen LogP contribution in [0.15, 0.2) is 6.07 Å². The summed E-state index contributed by atoms with van der Waals surface area (Å²) in [5, 5.41) is 0. The number of nitrogens with two attached hydrogens (primary N) is 1. The largest absolute Gasteiger partial charge is 0.493 e. The molecule has 0 saturated heterocycles. The average molecular weight is 255 g/mol. The minimum Gasteiger partial charge on any atom is -0.493 e. The molecule has 0 spiro atoms. The topological polar surface area (TPSA) is 62.9 Å². The van der Waals surface area contributed by atoms with Gasteiger partial charge in [-0.15, -0.1) is 0 Å². The lowest BCUT2D eigenvalue weighted by molar-refractivity contribution is 0.303. The van der Waals surface area contributed by atoms with E-state index in [0.717, 1.165) is 5.56 Å². The van der Waals surface area contributed by atoms with E-state index in [1.165, 1.54) is 0 Å². The summed E-state index contributed by atoms with van der Waals surface area (Å²) < 4.78 is 21.3. The first-order valence-electron chi connectivity index (χ1n) is 5.70. The Hall–Kier alpha value is -1.62. The first-order valence-corrected chi connectivity index (χ1v) is 5.70. The molecular formula is C13H21NO4. The molecule has 1 aromatic rings. The second-order valence-corrected chi connectivity index (χ2v) is 4.02. The van der Waals surface area contributed by atoms with Crippen LogP contribution in [-0.4, -0.2) is 34.5 Å². The van der Waals surface area contributed by atoms with E-state index in [1.807, 2.05) is 13.0 Å². The van der Waals surface area contributed by atoms with Gasteiger partial charge in [0, 0.05) is 11.6 Å². The van der Waals surface area contributed by atoms with Crippen molar-refractivity contribution in [2.75, 3.05) is 28.4 Å². The lowest BCUT2D eigenvalue weighted by Gasteiger charge is -2.19. The minimum atomic E-state index is 0.0155. The first kappa shape index (κ1) is 14.4. The lowest BCUT2D eigenvalue weighted by atomic mass is 10.0. The maximum absolute atomic E-state index is 5.83. The van der Waals surface area contributed by atoms with Gasteiger partial charge in [0.25, 0.3) is 0 Å². The van der Waals surface area contributed by atoms with E-state index in [9.17, 15) is 0 Å². The summed E-state index contributed by atoms with van der Waals surface area (Å²) in [4.78, 5) is 0. The fraction of sp³-hybridized carbons (Fsp3) is 0.538. The van der Waals surface area contributed by atoms with E-state index in [4.69, 9.17) is 24.7 Å². The summed E-state index contributed by atoms with van der Waals surface area (Å²) in [6.07, 6.45) is 0.667. The summed E-state index contributed by atoms with van der Waals surface area (Å²) >= 11 is 0. The predicted molar refractivity (Wildman–Crippen MR) is 70.0 cm³/mol. The molecule has 0 unspecified atom stereocenters. The highest BCUT2D eigenvalue weighted by molar-refractivity contribution is 5.63. The Morgan fingerprint density at radius 3 is 1.89 bits per heavy atom. The summed E-state index contributed by atoms with van der Waals surface area (Å²) in [7, 11) is 6.30. The molecule has 18 heavy (non-hydrogen) atoms. The van der Waals surface area contributed by atoms with Gasteiger partial charge in [-0.1, -0.05) is 0 Å². The maximum atomic E-state index is 5.83. The predicted octanol–water partition coefficient (Wildman–Crippen LogP) is 1.61. The van der Waals surface area contributed by atoms with Crippen LogP contribution < -0.4 is 24.7 Å². The highest BCUT2D eigenvalue weighted by Crippen LogP contribution is 2.46. The molecule has 0 amide bonds. The van der Waals surface area contributed by atoms with Gasteiger partial charge < -0.3 is 24.7 Å². The van der Waals surface area contributed by atoms with Gasteiger partial charge in [-0.2, -0.15) is 0 Å². The Bertz CT molecular complexity index is 404. The molecule has 102 valence electrons. The Morgan fingerprint density at radius 1 is 0.944 bits per heavy atom. The molecular weight excluding hydrogens is 234 g/mol. The number of hydrogen-bond acceptors (Lipinski definition) is 5. The van der Waals surface area contributed by atoms with Gasteiger partial charge >= 0.3 is 0 Å². The van der Waals surface area contributed by atoms with Crippen molar-refractivity contribution in [1.82, 2.24) is 0 Å². The third-order valence-electron chi connectivity index (χ3n) is 2.61. The SMILES string of the molecule is COc1cc(C[C@H](C)N)c(OC)c(OC)c1OC. The van der Waals surface area contributed by atoms with E-state index in [1.54, 1.807) is 28.4 Å². The van der Waals surface area contributed by atoms with Crippen LogP contribution in [0.3, 0.4) is 0 Å². The third kappa shape index (κ3) is 2.79. The Kier molecular flexibility index (Phi) is 5.09. The van der Waals surface area contributed by atoms with Gasteiger partial charge in [0.2, 0.25) is 11.5 Å². The summed E-state index contributed by atoms with van der Waals surface area (Å²) in [5.41, 5.74) is 6.77. The summed E-state index contributed by atoms with van der Waals surface area (Å²) in [5.74, 6) is 2.28. The molecule has 0 aliphatic heterocycles. The summed E-state index contributed by atoms with van der Waals surface area (Å²) in [6.45, 7) is 1.93. The molecule has 0 bridgehead atoms. The van der Waals surface area contributed by atoms with Crippen LogP contribution in [0.4, 0.5) is 0 Å². The van der Waals surface area contributed by atoms with Gasteiger partial charge in [0.1, 0.15) is 0 Å². The van der Waals surface area contributed by atoms with Crippen LogP contribution in [0.5, 0.6) is 23.0 Å². The average Bonchev–Trinajstić information content (AvgIpc) is 2.36. The number of hydrogen-bond donors (Lipinski definition) is 1. The van der Waals surface area contributed by atoms with Crippen molar-refractivity contribution in [3.05, 3.63) is 11.6 Å². The molecule has 1 aromatic carbocycles. The van der Waals surface area contributed by atoms with Crippen molar-refractivity contribution in [3.8, 4) is 23.0 Å². The molecule has 5 nitrogen and oxygen atoms in total. The molecule has 2 N–H and O–H groups in total. The van der Waals surface area contributed by atoms with Crippen LogP contribution in [0.25, 0.3) is 0 Å². The van der Waals surface area contributed by atoms with Gasteiger partial charge in [0.05, 0.1) is 28.4 Å². The van der Waals surface area contributed by atoms with E-state index < -0.39 is 0 Å². The number of rotatable bonds is 6.